The SMILES string of the molecule is CC(OCc1ccccc1Cl)c1cccc(N)c1. The van der Waals surface area contributed by atoms with Crippen LogP contribution in [-0.2, 0) is 11.3 Å². The van der Waals surface area contributed by atoms with Crippen molar-refractivity contribution < 1.29 is 4.74 Å². The summed E-state index contributed by atoms with van der Waals surface area (Å²) in [5, 5.41) is 0.734. The van der Waals surface area contributed by atoms with Gasteiger partial charge in [-0.3, -0.25) is 0 Å². The van der Waals surface area contributed by atoms with Crippen molar-refractivity contribution in [3.63, 3.8) is 0 Å². The fourth-order valence-corrected chi connectivity index (χ4v) is 1.93. The Morgan fingerprint density at radius 2 is 1.94 bits per heavy atom. The minimum absolute atomic E-state index is 0.00947. The van der Waals surface area contributed by atoms with E-state index >= 15 is 0 Å². The number of nitrogens with two attached hydrogens (primary N) is 1. The summed E-state index contributed by atoms with van der Waals surface area (Å²) in [7, 11) is 0. The quantitative estimate of drug-likeness (QED) is 0.837. The van der Waals surface area contributed by atoms with Crippen LogP contribution < -0.4 is 5.73 Å². The number of benzene rings is 2. The summed E-state index contributed by atoms with van der Waals surface area (Å²) in [5.41, 5.74) is 8.57. The Balaban J connectivity index is 2.00. The molecule has 0 radical (unpaired) electrons. The van der Waals surface area contributed by atoms with Gasteiger partial charge in [-0.15, -0.1) is 0 Å². The van der Waals surface area contributed by atoms with Crippen LogP contribution in [0.4, 0.5) is 5.69 Å². The van der Waals surface area contributed by atoms with E-state index in [1.165, 1.54) is 0 Å². The van der Waals surface area contributed by atoms with Gasteiger partial charge in [-0.05, 0) is 36.2 Å². The first-order valence-electron chi connectivity index (χ1n) is 5.87. The van der Waals surface area contributed by atoms with E-state index in [1.807, 2.05) is 55.5 Å². The monoisotopic (exact) mass is 261 g/mol. The van der Waals surface area contributed by atoms with E-state index in [-0.39, 0.29) is 6.10 Å². The van der Waals surface area contributed by atoms with E-state index in [9.17, 15) is 0 Å². The smallest absolute Gasteiger partial charge is 0.0802 e. The van der Waals surface area contributed by atoms with Crippen molar-refractivity contribution in [3.8, 4) is 0 Å². The molecule has 0 spiro atoms. The Morgan fingerprint density at radius 1 is 1.17 bits per heavy atom. The molecule has 0 aliphatic heterocycles. The molecule has 2 nitrogen and oxygen atoms in total. The number of nitrogen functional groups attached to an aromatic ring is 1. The van der Waals surface area contributed by atoms with Crippen molar-refractivity contribution >= 4 is 17.3 Å². The van der Waals surface area contributed by atoms with E-state index in [0.29, 0.717) is 6.61 Å². The number of halogens is 1. The molecule has 2 aromatic carbocycles. The number of ether oxygens (including phenoxy) is 1. The summed E-state index contributed by atoms with van der Waals surface area (Å²) in [5.74, 6) is 0. The second kappa shape index (κ2) is 5.89. The second-order valence-electron chi connectivity index (χ2n) is 4.21. The first kappa shape index (κ1) is 12.9. The molecule has 2 rings (SSSR count). The van der Waals surface area contributed by atoms with Crippen LogP contribution in [-0.4, -0.2) is 0 Å². The maximum absolute atomic E-state index is 6.08. The Morgan fingerprint density at radius 3 is 2.67 bits per heavy atom. The summed E-state index contributed by atoms with van der Waals surface area (Å²) in [6.45, 7) is 2.50. The van der Waals surface area contributed by atoms with E-state index in [4.69, 9.17) is 22.1 Å². The molecular formula is C15H16ClNO. The molecule has 3 heteroatoms. The molecule has 0 saturated heterocycles. The Labute approximate surface area is 112 Å². The third-order valence-corrected chi connectivity index (χ3v) is 3.20. The van der Waals surface area contributed by atoms with Crippen molar-refractivity contribution in [2.75, 3.05) is 5.73 Å². The van der Waals surface area contributed by atoms with Crippen LogP contribution >= 0.6 is 11.6 Å². The summed E-state index contributed by atoms with van der Waals surface area (Å²) >= 11 is 6.08. The molecule has 0 fully saturated rings. The van der Waals surface area contributed by atoms with E-state index in [1.54, 1.807) is 0 Å². The summed E-state index contributed by atoms with van der Waals surface area (Å²) in [6, 6.07) is 15.4. The highest BCUT2D eigenvalue weighted by Crippen LogP contribution is 2.22. The molecule has 94 valence electrons. The molecule has 1 unspecified atom stereocenters. The zero-order chi connectivity index (χ0) is 13.0. The lowest BCUT2D eigenvalue weighted by molar-refractivity contribution is 0.0526. The lowest BCUT2D eigenvalue weighted by atomic mass is 10.1. The normalized spacial score (nSPS) is 12.3. The Kier molecular flexibility index (Phi) is 4.24. The molecular weight excluding hydrogens is 246 g/mol. The average Bonchev–Trinajstić information content (AvgIpc) is 2.37. The maximum atomic E-state index is 6.08. The van der Waals surface area contributed by atoms with E-state index < -0.39 is 0 Å². The Hall–Kier alpha value is -1.51. The maximum Gasteiger partial charge on any atom is 0.0802 e. The highest BCUT2D eigenvalue weighted by Gasteiger charge is 2.07. The van der Waals surface area contributed by atoms with Crippen molar-refractivity contribution in [1.29, 1.82) is 0 Å². The predicted octanol–water partition coefficient (Wildman–Crippen LogP) is 4.20. The standard InChI is InChI=1S/C15H16ClNO/c1-11(12-6-4-7-14(17)9-12)18-10-13-5-2-3-8-15(13)16/h2-9,11H,10,17H2,1H3. The molecule has 0 amide bonds. The molecule has 0 heterocycles. The largest absolute Gasteiger partial charge is 0.399 e. The zero-order valence-electron chi connectivity index (χ0n) is 10.3. The second-order valence-corrected chi connectivity index (χ2v) is 4.62. The highest BCUT2D eigenvalue weighted by molar-refractivity contribution is 6.31. The predicted molar refractivity (Wildman–Crippen MR) is 75.5 cm³/mol. The van der Waals surface area contributed by atoms with Gasteiger partial charge in [-0.2, -0.15) is 0 Å². The van der Waals surface area contributed by atoms with Crippen molar-refractivity contribution in [1.82, 2.24) is 0 Å². The van der Waals surface area contributed by atoms with Gasteiger partial charge in [0.05, 0.1) is 12.7 Å². The minimum atomic E-state index is -0.00947. The highest BCUT2D eigenvalue weighted by atomic mass is 35.5. The van der Waals surface area contributed by atoms with Crippen molar-refractivity contribution in [3.05, 3.63) is 64.7 Å². The third-order valence-electron chi connectivity index (χ3n) is 2.83. The van der Waals surface area contributed by atoms with Crippen LogP contribution in [0.1, 0.15) is 24.2 Å². The van der Waals surface area contributed by atoms with Gasteiger partial charge in [0.2, 0.25) is 0 Å². The van der Waals surface area contributed by atoms with Gasteiger partial charge in [-0.25, -0.2) is 0 Å². The molecule has 0 aromatic heterocycles. The molecule has 2 N–H and O–H groups in total. The summed E-state index contributed by atoms with van der Waals surface area (Å²) < 4.78 is 5.81. The molecule has 2 aromatic rings. The van der Waals surface area contributed by atoms with Gasteiger partial charge in [0.15, 0.2) is 0 Å². The third kappa shape index (κ3) is 3.25. The van der Waals surface area contributed by atoms with Crippen molar-refractivity contribution in [2.45, 2.75) is 19.6 Å². The number of hydrogen-bond acceptors (Lipinski definition) is 2. The van der Waals surface area contributed by atoms with Crippen LogP contribution in [0.5, 0.6) is 0 Å². The van der Waals surface area contributed by atoms with Crippen LogP contribution in [0.25, 0.3) is 0 Å². The van der Waals surface area contributed by atoms with Gasteiger partial charge in [0.1, 0.15) is 0 Å². The molecule has 18 heavy (non-hydrogen) atoms. The van der Waals surface area contributed by atoms with Gasteiger partial charge >= 0.3 is 0 Å². The lowest BCUT2D eigenvalue weighted by Crippen LogP contribution is -2.01. The fourth-order valence-electron chi connectivity index (χ4n) is 1.74. The van der Waals surface area contributed by atoms with E-state index in [0.717, 1.165) is 21.8 Å². The van der Waals surface area contributed by atoms with E-state index in [2.05, 4.69) is 0 Å². The molecule has 0 aliphatic rings. The number of anilines is 1. The molecule has 0 bridgehead atoms. The van der Waals surface area contributed by atoms with Crippen LogP contribution in [0.2, 0.25) is 5.02 Å². The molecule has 0 saturated carbocycles. The summed E-state index contributed by atoms with van der Waals surface area (Å²) in [6.07, 6.45) is -0.00947. The number of rotatable bonds is 4. The van der Waals surface area contributed by atoms with Gasteiger partial charge < -0.3 is 10.5 Å². The molecule has 0 aliphatic carbocycles. The minimum Gasteiger partial charge on any atom is -0.399 e. The van der Waals surface area contributed by atoms with Crippen LogP contribution in [0, 0.1) is 0 Å². The van der Waals surface area contributed by atoms with Gasteiger partial charge in [0, 0.05) is 10.7 Å². The Bertz CT molecular complexity index is 527. The first-order chi connectivity index (χ1) is 8.66. The average molecular weight is 262 g/mol. The van der Waals surface area contributed by atoms with Crippen LogP contribution in [0.3, 0.4) is 0 Å². The topological polar surface area (TPSA) is 35.2 Å². The first-order valence-corrected chi connectivity index (χ1v) is 6.25. The van der Waals surface area contributed by atoms with Gasteiger partial charge in [0.25, 0.3) is 0 Å². The lowest BCUT2D eigenvalue weighted by Gasteiger charge is -2.14. The van der Waals surface area contributed by atoms with Crippen LogP contribution in [0.15, 0.2) is 48.5 Å². The molecule has 1 atom stereocenters. The number of hydrogen-bond donors (Lipinski definition) is 1. The fraction of sp³-hybridized carbons (Fsp3) is 0.200. The van der Waals surface area contributed by atoms with Crippen molar-refractivity contribution in [2.24, 2.45) is 0 Å². The summed E-state index contributed by atoms with van der Waals surface area (Å²) in [4.78, 5) is 0. The zero-order valence-corrected chi connectivity index (χ0v) is 11.0. The van der Waals surface area contributed by atoms with Gasteiger partial charge in [-0.1, -0.05) is 41.9 Å².